The van der Waals surface area contributed by atoms with Gasteiger partial charge in [0, 0.05) is 17.1 Å². The minimum atomic E-state index is 0.733. The third-order valence-electron chi connectivity index (χ3n) is 4.10. The Balaban J connectivity index is 1.97. The van der Waals surface area contributed by atoms with Gasteiger partial charge >= 0.3 is 0 Å². The fourth-order valence-electron chi connectivity index (χ4n) is 3.10. The molecule has 1 aromatic carbocycles. The Hall–Kier alpha value is -1.28. The highest BCUT2D eigenvalue weighted by atomic mass is 14.9. The molecule has 1 fully saturated rings. The van der Waals surface area contributed by atoms with Crippen LogP contribution in [0.15, 0.2) is 24.4 Å². The quantitative estimate of drug-likeness (QED) is 0.846. The number of nitrogens with one attached hydrogen (secondary N) is 2. The van der Waals surface area contributed by atoms with Crippen LogP contribution in [-0.2, 0) is 6.42 Å². The van der Waals surface area contributed by atoms with Crippen LogP contribution in [0.1, 0.15) is 43.2 Å². The molecular weight excluding hydrogens is 220 g/mol. The second-order valence-corrected chi connectivity index (χ2v) is 5.40. The lowest BCUT2D eigenvalue weighted by atomic mass is 9.89. The van der Waals surface area contributed by atoms with Crippen LogP contribution in [0.5, 0.6) is 0 Å². The maximum atomic E-state index is 3.45. The molecule has 0 unspecified atom stereocenters. The van der Waals surface area contributed by atoms with E-state index in [4.69, 9.17) is 0 Å². The number of hydrogen-bond donors (Lipinski definition) is 2. The minimum Gasteiger partial charge on any atom is -0.361 e. The van der Waals surface area contributed by atoms with Gasteiger partial charge in [-0.1, -0.05) is 19.4 Å². The van der Waals surface area contributed by atoms with Crippen molar-refractivity contribution < 1.29 is 0 Å². The molecule has 96 valence electrons. The molecule has 2 N–H and O–H groups in total. The molecule has 0 aliphatic carbocycles. The number of fused-ring (bicyclic) bond motifs is 1. The molecule has 1 aromatic heterocycles. The summed E-state index contributed by atoms with van der Waals surface area (Å²) < 4.78 is 0. The summed E-state index contributed by atoms with van der Waals surface area (Å²) in [6, 6.07) is 6.89. The van der Waals surface area contributed by atoms with Crippen LogP contribution in [0, 0.1) is 0 Å². The van der Waals surface area contributed by atoms with Crippen molar-refractivity contribution in [1.29, 1.82) is 0 Å². The molecule has 2 heterocycles. The van der Waals surface area contributed by atoms with E-state index in [0.29, 0.717) is 0 Å². The highest BCUT2D eigenvalue weighted by molar-refractivity contribution is 5.84. The SMILES string of the molecule is CCCc1ccc2[nH]cc(C3CCNCC3)c2c1. The van der Waals surface area contributed by atoms with Gasteiger partial charge in [0.15, 0.2) is 0 Å². The lowest BCUT2D eigenvalue weighted by Crippen LogP contribution is -2.26. The Morgan fingerprint density at radius 3 is 2.83 bits per heavy atom. The highest BCUT2D eigenvalue weighted by Crippen LogP contribution is 2.32. The predicted octanol–water partition coefficient (Wildman–Crippen LogP) is 3.59. The summed E-state index contributed by atoms with van der Waals surface area (Å²) in [5.41, 5.74) is 4.30. The van der Waals surface area contributed by atoms with E-state index in [-0.39, 0.29) is 0 Å². The number of rotatable bonds is 3. The molecule has 0 saturated carbocycles. The summed E-state index contributed by atoms with van der Waals surface area (Å²) in [7, 11) is 0. The van der Waals surface area contributed by atoms with Crippen molar-refractivity contribution in [3.05, 3.63) is 35.5 Å². The maximum absolute atomic E-state index is 3.45. The smallest absolute Gasteiger partial charge is 0.0457 e. The molecule has 2 heteroatoms. The summed E-state index contributed by atoms with van der Waals surface area (Å²) in [4.78, 5) is 3.43. The van der Waals surface area contributed by atoms with E-state index in [9.17, 15) is 0 Å². The van der Waals surface area contributed by atoms with Crippen LogP contribution in [0.4, 0.5) is 0 Å². The molecule has 0 spiro atoms. The lowest BCUT2D eigenvalue weighted by molar-refractivity contribution is 0.462. The van der Waals surface area contributed by atoms with Crippen molar-refractivity contribution in [3.8, 4) is 0 Å². The van der Waals surface area contributed by atoms with E-state index >= 15 is 0 Å². The molecular formula is C16H22N2. The van der Waals surface area contributed by atoms with Gasteiger partial charge in [0.2, 0.25) is 0 Å². The van der Waals surface area contributed by atoms with Gasteiger partial charge in [-0.2, -0.15) is 0 Å². The highest BCUT2D eigenvalue weighted by Gasteiger charge is 2.18. The van der Waals surface area contributed by atoms with Crippen molar-refractivity contribution in [1.82, 2.24) is 10.3 Å². The molecule has 3 rings (SSSR count). The Bertz CT molecular complexity index is 521. The average Bonchev–Trinajstić information content (AvgIpc) is 2.83. The van der Waals surface area contributed by atoms with Crippen LogP contribution in [0.3, 0.4) is 0 Å². The van der Waals surface area contributed by atoms with Crippen LogP contribution in [0.2, 0.25) is 0 Å². The van der Waals surface area contributed by atoms with Gasteiger partial charge in [0.05, 0.1) is 0 Å². The van der Waals surface area contributed by atoms with E-state index in [0.717, 1.165) is 19.0 Å². The van der Waals surface area contributed by atoms with Gasteiger partial charge in [-0.25, -0.2) is 0 Å². The van der Waals surface area contributed by atoms with Crippen LogP contribution in [0.25, 0.3) is 10.9 Å². The number of aromatic amines is 1. The molecule has 1 saturated heterocycles. The van der Waals surface area contributed by atoms with Crippen molar-refractivity contribution in [3.63, 3.8) is 0 Å². The molecule has 2 nitrogen and oxygen atoms in total. The van der Waals surface area contributed by atoms with Gasteiger partial charge in [0.1, 0.15) is 0 Å². The van der Waals surface area contributed by atoms with Crippen molar-refractivity contribution in [2.24, 2.45) is 0 Å². The number of aromatic nitrogens is 1. The number of piperidine rings is 1. The van der Waals surface area contributed by atoms with Crippen LogP contribution >= 0.6 is 0 Å². The Morgan fingerprint density at radius 1 is 1.22 bits per heavy atom. The first kappa shape index (κ1) is 11.8. The average molecular weight is 242 g/mol. The first-order valence-corrected chi connectivity index (χ1v) is 7.19. The number of aryl methyl sites for hydroxylation is 1. The normalized spacial score (nSPS) is 17.4. The van der Waals surface area contributed by atoms with Crippen LogP contribution < -0.4 is 5.32 Å². The number of H-pyrrole nitrogens is 1. The molecule has 0 bridgehead atoms. The third-order valence-corrected chi connectivity index (χ3v) is 4.10. The topological polar surface area (TPSA) is 27.8 Å². The third kappa shape index (κ3) is 2.17. The Morgan fingerprint density at radius 2 is 2.06 bits per heavy atom. The zero-order chi connectivity index (χ0) is 12.4. The van der Waals surface area contributed by atoms with E-state index < -0.39 is 0 Å². The molecule has 2 aromatic rings. The van der Waals surface area contributed by atoms with Crippen molar-refractivity contribution >= 4 is 10.9 Å². The molecule has 0 atom stereocenters. The van der Waals surface area contributed by atoms with E-state index in [2.05, 4.69) is 41.6 Å². The van der Waals surface area contributed by atoms with Crippen molar-refractivity contribution in [2.75, 3.05) is 13.1 Å². The second-order valence-electron chi connectivity index (χ2n) is 5.40. The van der Waals surface area contributed by atoms with Gasteiger partial charge in [-0.15, -0.1) is 0 Å². The predicted molar refractivity (Wildman–Crippen MR) is 77.1 cm³/mol. The van der Waals surface area contributed by atoms with Gasteiger partial charge in [0.25, 0.3) is 0 Å². The van der Waals surface area contributed by atoms with E-state index in [1.807, 2.05) is 0 Å². The number of hydrogen-bond acceptors (Lipinski definition) is 1. The summed E-state index contributed by atoms with van der Waals surface area (Å²) in [5, 5.41) is 4.90. The Labute approximate surface area is 109 Å². The van der Waals surface area contributed by atoms with Gasteiger partial charge in [-0.05, 0) is 61.5 Å². The van der Waals surface area contributed by atoms with E-state index in [1.54, 1.807) is 0 Å². The maximum Gasteiger partial charge on any atom is 0.0457 e. The molecule has 0 amide bonds. The monoisotopic (exact) mass is 242 g/mol. The van der Waals surface area contributed by atoms with E-state index in [1.165, 1.54) is 47.7 Å². The fraction of sp³-hybridized carbons (Fsp3) is 0.500. The van der Waals surface area contributed by atoms with Gasteiger partial charge in [-0.3, -0.25) is 0 Å². The van der Waals surface area contributed by atoms with Gasteiger partial charge < -0.3 is 10.3 Å². The van der Waals surface area contributed by atoms with Crippen LogP contribution in [-0.4, -0.2) is 18.1 Å². The summed E-state index contributed by atoms with van der Waals surface area (Å²) in [5.74, 6) is 0.733. The molecule has 1 aliphatic heterocycles. The Kier molecular flexibility index (Phi) is 3.37. The fourth-order valence-corrected chi connectivity index (χ4v) is 3.10. The second kappa shape index (κ2) is 5.15. The molecule has 0 radical (unpaired) electrons. The van der Waals surface area contributed by atoms with Crippen molar-refractivity contribution in [2.45, 2.75) is 38.5 Å². The summed E-state index contributed by atoms with van der Waals surface area (Å²) >= 11 is 0. The zero-order valence-corrected chi connectivity index (χ0v) is 11.1. The largest absolute Gasteiger partial charge is 0.361 e. The molecule has 18 heavy (non-hydrogen) atoms. The summed E-state index contributed by atoms with van der Waals surface area (Å²) in [6.45, 7) is 4.56. The number of benzene rings is 1. The first-order chi connectivity index (χ1) is 8.88. The standard InChI is InChI=1S/C16H22N2/c1-2-3-12-4-5-16-14(10-12)15(11-18-16)13-6-8-17-9-7-13/h4-5,10-11,13,17-18H,2-3,6-9H2,1H3. The molecule has 1 aliphatic rings. The lowest BCUT2D eigenvalue weighted by Gasteiger charge is -2.22. The first-order valence-electron chi connectivity index (χ1n) is 7.19. The summed E-state index contributed by atoms with van der Waals surface area (Å²) in [6.07, 6.45) is 7.18. The zero-order valence-electron chi connectivity index (χ0n) is 11.1. The minimum absolute atomic E-state index is 0.733.